The fraction of sp³-hybridized carbons (Fsp3) is 0.529. The van der Waals surface area contributed by atoms with Crippen molar-refractivity contribution in [3.8, 4) is 0 Å². The van der Waals surface area contributed by atoms with Crippen LogP contribution < -0.4 is 10.6 Å². The monoisotopic (exact) mass is 328 g/mol. The van der Waals surface area contributed by atoms with Crippen molar-refractivity contribution in [2.75, 3.05) is 5.32 Å². The molecule has 0 radical (unpaired) electrons. The second-order valence-corrected chi connectivity index (χ2v) is 6.46. The first-order valence-corrected chi connectivity index (χ1v) is 8.50. The van der Waals surface area contributed by atoms with E-state index in [2.05, 4.69) is 25.7 Å². The summed E-state index contributed by atoms with van der Waals surface area (Å²) in [6, 6.07) is 0.144. The molecule has 1 saturated carbocycles. The van der Waals surface area contributed by atoms with Crippen LogP contribution in [0.3, 0.4) is 0 Å². The van der Waals surface area contributed by atoms with Gasteiger partial charge in [0, 0.05) is 36.6 Å². The molecule has 2 aromatic rings. The van der Waals surface area contributed by atoms with E-state index in [1.807, 2.05) is 24.7 Å². The van der Waals surface area contributed by atoms with Crippen LogP contribution in [0.15, 0.2) is 24.8 Å². The van der Waals surface area contributed by atoms with E-state index in [0.29, 0.717) is 12.5 Å². The zero-order valence-corrected chi connectivity index (χ0v) is 14.2. The van der Waals surface area contributed by atoms with E-state index in [1.165, 1.54) is 12.8 Å². The van der Waals surface area contributed by atoms with Crippen LogP contribution in [0.4, 0.5) is 10.6 Å². The minimum absolute atomic E-state index is 0.0372. The van der Waals surface area contributed by atoms with Crippen molar-refractivity contribution in [1.82, 2.24) is 25.1 Å². The smallest absolute Gasteiger partial charge is 0.320 e. The number of anilines is 1. The van der Waals surface area contributed by atoms with Gasteiger partial charge in [-0.1, -0.05) is 12.8 Å². The van der Waals surface area contributed by atoms with Crippen LogP contribution in [0.5, 0.6) is 0 Å². The Bertz CT molecular complexity index is 678. The molecule has 128 valence electrons. The predicted molar refractivity (Wildman–Crippen MR) is 91.8 cm³/mol. The first-order chi connectivity index (χ1) is 11.6. The van der Waals surface area contributed by atoms with E-state index in [1.54, 1.807) is 18.6 Å². The Morgan fingerprint density at radius 2 is 2.12 bits per heavy atom. The Kier molecular flexibility index (Phi) is 5.08. The van der Waals surface area contributed by atoms with Crippen molar-refractivity contribution in [2.45, 2.75) is 58.0 Å². The highest BCUT2D eigenvalue weighted by molar-refractivity contribution is 5.89. The lowest BCUT2D eigenvalue weighted by molar-refractivity contribution is 0.248. The highest BCUT2D eigenvalue weighted by Gasteiger charge is 2.22. The van der Waals surface area contributed by atoms with E-state index in [9.17, 15) is 4.79 Å². The number of urea groups is 1. The lowest BCUT2D eigenvalue weighted by Gasteiger charge is -2.18. The van der Waals surface area contributed by atoms with Gasteiger partial charge in [-0.25, -0.2) is 9.48 Å². The molecule has 1 aliphatic rings. The molecule has 1 aliphatic carbocycles. The van der Waals surface area contributed by atoms with Gasteiger partial charge in [0.05, 0.1) is 17.9 Å². The first kappa shape index (κ1) is 16.4. The van der Waals surface area contributed by atoms with E-state index in [-0.39, 0.29) is 12.1 Å². The Morgan fingerprint density at radius 3 is 2.83 bits per heavy atom. The number of carbonyl (C=O) groups excluding carboxylic acids is 1. The molecule has 0 aromatic carbocycles. The van der Waals surface area contributed by atoms with E-state index < -0.39 is 0 Å². The van der Waals surface area contributed by atoms with Gasteiger partial charge in [-0.3, -0.25) is 15.3 Å². The first-order valence-electron chi connectivity index (χ1n) is 8.50. The highest BCUT2D eigenvalue weighted by atomic mass is 16.2. The van der Waals surface area contributed by atoms with E-state index >= 15 is 0 Å². The number of hydrogen-bond donors (Lipinski definition) is 2. The molecule has 7 heteroatoms. The number of nitrogens with zero attached hydrogens (tertiary/aromatic N) is 4. The van der Waals surface area contributed by atoms with Crippen LogP contribution in [0.25, 0.3) is 0 Å². The third-order valence-corrected chi connectivity index (χ3v) is 4.39. The molecule has 24 heavy (non-hydrogen) atoms. The van der Waals surface area contributed by atoms with Gasteiger partial charge in [0.1, 0.15) is 5.82 Å². The molecule has 7 nitrogen and oxygen atoms in total. The predicted octanol–water partition coefficient (Wildman–Crippen LogP) is 2.85. The average Bonchev–Trinajstić information content (AvgIpc) is 3.19. The summed E-state index contributed by atoms with van der Waals surface area (Å²) in [5, 5.41) is 10.4. The fourth-order valence-corrected chi connectivity index (χ4v) is 3.20. The zero-order valence-electron chi connectivity index (χ0n) is 14.2. The van der Waals surface area contributed by atoms with Crippen molar-refractivity contribution < 1.29 is 4.79 Å². The van der Waals surface area contributed by atoms with Crippen LogP contribution in [0, 0.1) is 6.92 Å². The number of aromatic nitrogens is 4. The lowest BCUT2D eigenvalue weighted by Crippen LogP contribution is -2.38. The maximum absolute atomic E-state index is 12.3. The second kappa shape index (κ2) is 7.42. The van der Waals surface area contributed by atoms with Gasteiger partial charge < -0.3 is 5.32 Å². The molecule has 0 saturated heterocycles. The summed E-state index contributed by atoms with van der Waals surface area (Å²) in [4.78, 5) is 20.6. The maximum Gasteiger partial charge on any atom is 0.320 e. The van der Waals surface area contributed by atoms with Crippen molar-refractivity contribution in [2.24, 2.45) is 0 Å². The number of amides is 2. The maximum atomic E-state index is 12.3. The Hall–Kier alpha value is -2.44. The van der Waals surface area contributed by atoms with Gasteiger partial charge in [0.2, 0.25) is 0 Å². The van der Waals surface area contributed by atoms with Crippen molar-refractivity contribution in [3.05, 3.63) is 36.0 Å². The minimum Gasteiger partial charge on any atom is -0.335 e. The zero-order chi connectivity index (χ0) is 16.9. The van der Waals surface area contributed by atoms with Crippen molar-refractivity contribution >= 4 is 11.8 Å². The number of carbonyl (C=O) groups is 1. The topological polar surface area (TPSA) is 84.7 Å². The molecular formula is C17H24N6O. The van der Waals surface area contributed by atoms with Gasteiger partial charge in [-0.15, -0.1) is 0 Å². The molecular weight excluding hydrogens is 304 g/mol. The summed E-state index contributed by atoms with van der Waals surface area (Å²) < 4.78 is 1.97. The summed E-state index contributed by atoms with van der Waals surface area (Å²) in [5.74, 6) is 0.797. The molecule has 0 spiro atoms. The van der Waals surface area contributed by atoms with Gasteiger partial charge in [-0.05, 0) is 26.7 Å². The third-order valence-electron chi connectivity index (χ3n) is 4.39. The quantitative estimate of drug-likeness (QED) is 0.884. The van der Waals surface area contributed by atoms with Crippen molar-refractivity contribution in [1.29, 1.82) is 0 Å². The summed E-state index contributed by atoms with van der Waals surface area (Å²) in [7, 11) is 0. The third kappa shape index (κ3) is 3.90. The fourth-order valence-electron chi connectivity index (χ4n) is 3.20. The number of nitrogens with one attached hydrogen (secondary N) is 2. The van der Waals surface area contributed by atoms with Crippen LogP contribution in [0.2, 0.25) is 0 Å². The molecule has 2 N–H and O–H groups in total. The molecule has 1 atom stereocenters. The summed E-state index contributed by atoms with van der Waals surface area (Å²) >= 11 is 0. The molecule has 2 aromatic heterocycles. The van der Waals surface area contributed by atoms with Gasteiger partial charge in [0.25, 0.3) is 0 Å². The Balaban J connectivity index is 1.59. The SMILES string of the molecule is Cc1cnn(C2CCCC2)c1NC(=O)N[C@H](C)Cc1cnccn1. The normalized spacial score (nSPS) is 16.1. The second-order valence-electron chi connectivity index (χ2n) is 6.46. The molecule has 3 rings (SSSR count). The lowest BCUT2D eigenvalue weighted by atomic mass is 10.2. The summed E-state index contributed by atoms with van der Waals surface area (Å²) in [6.07, 6.45) is 12.2. The summed E-state index contributed by atoms with van der Waals surface area (Å²) in [5.41, 5.74) is 1.84. The molecule has 2 amide bonds. The molecule has 0 bridgehead atoms. The van der Waals surface area contributed by atoms with Gasteiger partial charge in [0.15, 0.2) is 0 Å². The number of hydrogen-bond acceptors (Lipinski definition) is 4. The van der Waals surface area contributed by atoms with Crippen molar-refractivity contribution in [3.63, 3.8) is 0 Å². The van der Waals surface area contributed by atoms with Crippen LogP contribution >= 0.6 is 0 Å². The number of aryl methyl sites for hydroxylation is 1. The molecule has 2 heterocycles. The van der Waals surface area contributed by atoms with E-state index in [0.717, 1.165) is 29.9 Å². The molecule has 0 aliphatic heterocycles. The van der Waals surface area contributed by atoms with Gasteiger partial charge >= 0.3 is 6.03 Å². The van der Waals surface area contributed by atoms with Crippen LogP contribution in [0.1, 0.15) is 49.9 Å². The van der Waals surface area contributed by atoms with E-state index in [4.69, 9.17) is 0 Å². The summed E-state index contributed by atoms with van der Waals surface area (Å²) in [6.45, 7) is 3.92. The highest BCUT2D eigenvalue weighted by Crippen LogP contribution is 2.32. The average molecular weight is 328 g/mol. The molecule has 1 fully saturated rings. The van der Waals surface area contributed by atoms with Crippen LogP contribution in [-0.2, 0) is 6.42 Å². The minimum atomic E-state index is -0.214. The standard InChI is InChI=1S/C17H24N6O/c1-12-10-20-23(15-5-3-4-6-15)16(12)22-17(24)21-13(2)9-14-11-18-7-8-19-14/h7-8,10-11,13,15H,3-6,9H2,1-2H3,(H2,21,22,24)/t13-/m1/s1. The van der Waals surface area contributed by atoms with Gasteiger partial charge in [-0.2, -0.15) is 5.10 Å². The number of rotatable bonds is 5. The van der Waals surface area contributed by atoms with Crippen LogP contribution in [-0.4, -0.2) is 31.8 Å². The molecule has 0 unspecified atom stereocenters. The Labute approximate surface area is 141 Å². The Morgan fingerprint density at radius 1 is 1.33 bits per heavy atom. The largest absolute Gasteiger partial charge is 0.335 e.